The molecule has 2 heterocycles. The van der Waals surface area contributed by atoms with Crippen molar-refractivity contribution >= 4 is 6.09 Å². The quantitative estimate of drug-likeness (QED) is 0.750. The Hall–Kier alpha value is -0.810. The lowest BCUT2D eigenvalue weighted by Gasteiger charge is -2.37. The molecule has 0 aliphatic carbocycles. The Kier molecular flexibility index (Phi) is 6.10. The maximum absolute atomic E-state index is 12.3. The second-order valence-corrected chi connectivity index (χ2v) is 10.1. The predicted molar refractivity (Wildman–Crippen MR) is 101 cm³/mol. The summed E-state index contributed by atoms with van der Waals surface area (Å²) >= 11 is 0. The van der Waals surface area contributed by atoms with E-state index in [1.54, 1.807) is 4.90 Å². The molecule has 2 rings (SSSR count). The van der Waals surface area contributed by atoms with E-state index in [9.17, 15) is 4.79 Å². The maximum atomic E-state index is 12.3. The molecule has 0 bridgehead atoms. The van der Waals surface area contributed by atoms with Gasteiger partial charge >= 0.3 is 6.09 Å². The Morgan fingerprint density at radius 2 is 1.88 bits per heavy atom. The molecular weight excluding hydrogens is 316 g/mol. The van der Waals surface area contributed by atoms with Gasteiger partial charge in [-0.25, -0.2) is 4.79 Å². The number of amides is 1. The molecule has 1 amide bonds. The molecular formula is C20H38N2O3. The van der Waals surface area contributed by atoms with Gasteiger partial charge in [0.05, 0.1) is 12.2 Å². The van der Waals surface area contributed by atoms with Gasteiger partial charge in [0.25, 0.3) is 0 Å². The highest BCUT2D eigenvalue weighted by molar-refractivity contribution is 5.67. The van der Waals surface area contributed by atoms with Gasteiger partial charge in [-0.3, -0.25) is 4.90 Å². The van der Waals surface area contributed by atoms with E-state index in [1.807, 2.05) is 7.05 Å². The molecule has 2 unspecified atom stereocenters. The van der Waals surface area contributed by atoms with Crippen LogP contribution in [0, 0.1) is 5.41 Å². The molecule has 2 aliphatic heterocycles. The van der Waals surface area contributed by atoms with Gasteiger partial charge in [0.15, 0.2) is 0 Å². The lowest BCUT2D eigenvalue weighted by molar-refractivity contribution is -0.0594. The highest BCUT2D eigenvalue weighted by Crippen LogP contribution is 2.43. The van der Waals surface area contributed by atoms with Gasteiger partial charge in [0.1, 0.15) is 6.61 Å². The summed E-state index contributed by atoms with van der Waals surface area (Å²) in [5.41, 5.74) is 0.125. The van der Waals surface area contributed by atoms with Crippen molar-refractivity contribution in [3.63, 3.8) is 0 Å². The van der Waals surface area contributed by atoms with Crippen LogP contribution in [0.25, 0.3) is 0 Å². The van der Waals surface area contributed by atoms with Gasteiger partial charge in [-0.1, -0.05) is 20.8 Å². The summed E-state index contributed by atoms with van der Waals surface area (Å²) in [6.45, 7) is 15.8. The molecule has 0 aromatic heterocycles. The first kappa shape index (κ1) is 20.5. The van der Waals surface area contributed by atoms with Crippen molar-refractivity contribution in [1.29, 1.82) is 0 Å². The first-order valence-corrected chi connectivity index (χ1v) is 9.71. The molecule has 5 heteroatoms. The Labute approximate surface area is 154 Å². The van der Waals surface area contributed by atoms with Crippen molar-refractivity contribution in [3.8, 4) is 0 Å². The summed E-state index contributed by atoms with van der Waals surface area (Å²) in [6.07, 6.45) is 4.42. The van der Waals surface area contributed by atoms with E-state index in [0.717, 1.165) is 26.0 Å². The lowest BCUT2D eigenvalue weighted by atomic mass is 9.95. The zero-order chi connectivity index (χ0) is 18.9. The topological polar surface area (TPSA) is 42.0 Å². The number of fused-ring (bicyclic) bond motifs is 1. The van der Waals surface area contributed by atoms with Crippen LogP contribution >= 0.6 is 0 Å². The Morgan fingerprint density at radius 3 is 2.48 bits per heavy atom. The molecule has 5 nitrogen and oxygen atoms in total. The molecule has 0 aromatic carbocycles. The number of rotatable bonds is 5. The molecule has 0 aromatic rings. The molecule has 2 aliphatic rings. The monoisotopic (exact) mass is 354 g/mol. The highest BCUT2D eigenvalue weighted by Gasteiger charge is 2.50. The fourth-order valence-corrected chi connectivity index (χ4v) is 4.19. The summed E-state index contributed by atoms with van der Waals surface area (Å²) in [4.78, 5) is 16.5. The van der Waals surface area contributed by atoms with Crippen molar-refractivity contribution < 1.29 is 14.3 Å². The Morgan fingerprint density at radius 1 is 1.20 bits per heavy atom. The van der Waals surface area contributed by atoms with Crippen LogP contribution in [0.2, 0.25) is 0 Å². The number of carbonyl (C=O) groups is 1. The Balaban J connectivity index is 1.87. The molecule has 2 saturated heterocycles. The van der Waals surface area contributed by atoms with E-state index in [0.29, 0.717) is 19.2 Å². The van der Waals surface area contributed by atoms with Gasteiger partial charge < -0.3 is 14.4 Å². The molecule has 0 saturated carbocycles. The van der Waals surface area contributed by atoms with Crippen molar-refractivity contribution in [3.05, 3.63) is 0 Å². The molecule has 0 spiro atoms. The third kappa shape index (κ3) is 5.58. The average Bonchev–Trinajstić information content (AvgIpc) is 2.99. The van der Waals surface area contributed by atoms with E-state index in [4.69, 9.17) is 9.47 Å². The molecule has 25 heavy (non-hydrogen) atoms. The van der Waals surface area contributed by atoms with Crippen LogP contribution in [0.15, 0.2) is 0 Å². The van der Waals surface area contributed by atoms with Crippen LogP contribution < -0.4 is 0 Å². The fraction of sp³-hybridized carbons (Fsp3) is 0.950. The van der Waals surface area contributed by atoms with E-state index in [2.05, 4.69) is 46.4 Å². The number of hydrogen-bond acceptors (Lipinski definition) is 4. The minimum absolute atomic E-state index is 0.0789. The second kappa shape index (κ2) is 7.43. The smallest absolute Gasteiger partial charge is 0.409 e. The van der Waals surface area contributed by atoms with Gasteiger partial charge in [-0.05, 0) is 58.4 Å². The van der Waals surface area contributed by atoms with Crippen LogP contribution in [-0.2, 0) is 9.47 Å². The molecule has 2 atom stereocenters. The standard InChI is InChI=1S/C20H38N2O3/c1-18(2,3)14-21(7)17(23)24-13-16-9-11-20(10-8-12-22(16)20)15-25-19(4,5)6/h16H,8-15H2,1-7H3. The van der Waals surface area contributed by atoms with Crippen LogP contribution in [-0.4, -0.2) is 66.4 Å². The summed E-state index contributed by atoms with van der Waals surface area (Å²) in [5, 5.41) is 0. The number of nitrogens with zero attached hydrogens (tertiary/aromatic N) is 2. The molecule has 146 valence electrons. The number of hydrogen-bond donors (Lipinski definition) is 0. The third-order valence-electron chi connectivity index (χ3n) is 5.23. The second-order valence-electron chi connectivity index (χ2n) is 10.1. The molecule has 2 fully saturated rings. The lowest BCUT2D eigenvalue weighted by Crippen LogP contribution is -2.48. The summed E-state index contributed by atoms with van der Waals surface area (Å²) < 4.78 is 11.8. The fourth-order valence-electron chi connectivity index (χ4n) is 4.19. The normalized spacial score (nSPS) is 27.4. The highest BCUT2D eigenvalue weighted by atomic mass is 16.6. The molecule has 0 N–H and O–H groups in total. The van der Waals surface area contributed by atoms with Crippen molar-refractivity contribution in [2.24, 2.45) is 5.41 Å². The molecule has 0 radical (unpaired) electrons. The van der Waals surface area contributed by atoms with E-state index in [1.165, 1.54) is 12.8 Å². The van der Waals surface area contributed by atoms with Gasteiger partial charge in [-0.2, -0.15) is 0 Å². The summed E-state index contributed by atoms with van der Waals surface area (Å²) in [6, 6.07) is 0.332. The predicted octanol–water partition coefficient (Wildman–Crippen LogP) is 3.91. The van der Waals surface area contributed by atoms with E-state index < -0.39 is 0 Å². The van der Waals surface area contributed by atoms with Crippen molar-refractivity contribution in [2.75, 3.05) is 33.4 Å². The zero-order valence-corrected chi connectivity index (χ0v) is 17.4. The summed E-state index contributed by atoms with van der Waals surface area (Å²) in [7, 11) is 1.82. The van der Waals surface area contributed by atoms with Gasteiger partial charge in [-0.15, -0.1) is 0 Å². The summed E-state index contributed by atoms with van der Waals surface area (Å²) in [5.74, 6) is 0. The average molecular weight is 355 g/mol. The van der Waals surface area contributed by atoms with Crippen LogP contribution in [0.3, 0.4) is 0 Å². The third-order valence-corrected chi connectivity index (χ3v) is 5.23. The largest absolute Gasteiger partial charge is 0.448 e. The minimum Gasteiger partial charge on any atom is -0.448 e. The van der Waals surface area contributed by atoms with Crippen LogP contribution in [0.5, 0.6) is 0 Å². The van der Waals surface area contributed by atoms with E-state index >= 15 is 0 Å². The zero-order valence-electron chi connectivity index (χ0n) is 17.4. The van der Waals surface area contributed by atoms with Crippen LogP contribution in [0.1, 0.15) is 67.2 Å². The Bertz CT molecular complexity index is 467. The van der Waals surface area contributed by atoms with Crippen LogP contribution in [0.4, 0.5) is 4.79 Å². The van der Waals surface area contributed by atoms with Gasteiger partial charge in [0, 0.05) is 25.2 Å². The minimum atomic E-state index is -0.211. The van der Waals surface area contributed by atoms with Gasteiger partial charge in [0.2, 0.25) is 0 Å². The van der Waals surface area contributed by atoms with E-state index in [-0.39, 0.29) is 22.6 Å². The SMILES string of the molecule is CN(CC(C)(C)C)C(=O)OCC1CCC2(COC(C)(C)C)CCCN12. The number of carbonyl (C=O) groups excluding carboxylic acids is 1. The maximum Gasteiger partial charge on any atom is 0.409 e. The van der Waals surface area contributed by atoms with Crippen molar-refractivity contribution in [1.82, 2.24) is 9.80 Å². The first-order valence-electron chi connectivity index (χ1n) is 9.71. The number of ether oxygens (including phenoxy) is 2. The first-order chi connectivity index (χ1) is 11.4. The van der Waals surface area contributed by atoms with Crippen molar-refractivity contribution in [2.45, 2.75) is 84.4 Å².